The van der Waals surface area contributed by atoms with E-state index in [1.165, 1.54) is 25.9 Å². The molecule has 19 heavy (non-hydrogen) atoms. The van der Waals surface area contributed by atoms with Gasteiger partial charge < -0.3 is 15.3 Å². The van der Waals surface area contributed by atoms with Crippen LogP contribution in [0.3, 0.4) is 0 Å². The number of nitrogens with one attached hydrogen (secondary N) is 1. The summed E-state index contributed by atoms with van der Waals surface area (Å²) in [6.45, 7) is 6.52. The first-order valence-electron chi connectivity index (χ1n) is 6.93. The molecule has 0 bridgehead atoms. The molecule has 1 aromatic carbocycles. The number of carbonyl (C=O) groups is 1. The maximum Gasteiger partial charge on any atom is 0.335 e. The molecule has 1 aliphatic rings. The minimum atomic E-state index is -0.873. The molecule has 0 aromatic heterocycles. The third kappa shape index (κ3) is 4.33. The van der Waals surface area contributed by atoms with E-state index in [4.69, 9.17) is 5.11 Å². The van der Waals surface area contributed by atoms with E-state index in [1.807, 2.05) is 12.1 Å². The van der Waals surface area contributed by atoms with Crippen LogP contribution in [-0.2, 0) is 6.54 Å². The lowest BCUT2D eigenvalue weighted by molar-refractivity contribution is 0.0697. The van der Waals surface area contributed by atoms with Gasteiger partial charge >= 0.3 is 5.97 Å². The van der Waals surface area contributed by atoms with Gasteiger partial charge in [-0.05, 0) is 50.6 Å². The van der Waals surface area contributed by atoms with Gasteiger partial charge in [-0.15, -0.1) is 0 Å². The monoisotopic (exact) mass is 262 g/mol. The van der Waals surface area contributed by atoms with Gasteiger partial charge in [0.25, 0.3) is 0 Å². The first-order valence-corrected chi connectivity index (χ1v) is 6.93. The largest absolute Gasteiger partial charge is 0.478 e. The number of likely N-dealkylation sites (tertiary alicyclic amines) is 1. The zero-order valence-corrected chi connectivity index (χ0v) is 11.4. The minimum absolute atomic E-state index is 0.342. The van der Waals surface area contributed by atoms with Crippen molar-refractivity contribution in [3.05, 3.63) is 35.4 Å². The fraction of sp³-hybridized carbons (Fsp3) is 0.533. The molecular formula is C15H22N2O2. The molecular weight excluding hydrogens is 240 g/mol. The maximum atomic E-state index is 10.8. The van der Waals surface area contributed by atoms with E-state index in [0.29, 0.717) is 11.6 Å². The van der Waals surface area contributed by atoms with Crippen molar-refractivity contribution in [1.82, 2.24) is 10.2 Å². The van der Waals surface area contributed by atoms with Gasteiger partial charge in [-0.25, -0.2) is 4.79 Å². The number of aromatic carboxylic acids is 1. The van der Waals surface area contributed by atoms with Crippen LogP contribution in [0.5, 0.6) is 0 Å². The molecule has 0 spiro atoms. The van der Waals surface area contributed by atoms with E-state index < -0.39 is 5.97 Å². The lowest BCUT2D eigenvalue weighted by atomic mass is 10.1. The molecule has 1 fully saturated rings. The van der Waals surface area contributed by atoms with E-state index in [-0.39, 0.29) is 0 Å². The summed E-state index contributed by atoms with van der Waals surface area (Å²) in [6, 6.07) is 7.52. The molecule has 0 amide bonds. The third-order valence-corrected chi connectivity index (χ3v) is 3.59. The highest BCUT2D eigenvalue weighted by atomic mass is 16.4. The lowest BCUT2D eigenvalue weighted by Gasteiger charge is -2.21. The Morgan fingerprint density at radius 3 is 2.53 bits per heavy atom. The van der Waals surface area contributed by atoms with Crippen molar-refractivity contribution in [3.63, 3.8) is 0 Å². The van der Waals surface area contributed by atoms with Crippen molar-refractivity contribution < 1.29 is 9.90 Å². The number of hydrogen-bond donors (Lipinski definition) is 2. The Balaban J connectivity index is 1.76. The minimum Gasteiger partial charge on any atom is -0.478 e. The second-order valence-corrected chi connectivity index (χ2v) is 5.29. The van der Waals surface area contributed by atoms with Crippen LogP contribution < -0.4 is 5.32 Å². The summed E-state index contributed by atoms with van der Waals surface area (Å²) in [5.74, 6) is -0.873. The van der Waals surface area contributed by atoms with Gasteiger partial charge in [0.1, 0.15) is 0 Å². The summed E-state index contributed by atoms with van der Waals surface area (Å²) in [7, 11) is 0. The van der Waals surface area contributed by atoms with Crippen LogP contribution in [0.1, 0.15) is 35.7 Å². The summed E-state index contributed by atoms with van der Waals surface area (Å²) in [5.41, 5.74) is 1.46. The molecule has 104 valence electrons. The highest BCUT2D eigenvalue weighted by Crippen LogP contribution is 2.08. The molecule has 4 nitrogen and oxygen atoms in total. The van der Waals surface area contributed by atoms with Crippen molar-refractivity contribution in [1.29, 1.82) is 0 Å². The van der Waals surface area contributed by atoms with E-state index in [0.717, 1.165) is 18.7 Å². The van der Waals surface area contributed by atoms with Crippen molar-refractivity contribution in [2.24, 2.45) is 0 Å². The van der Waals surface area contributed by atoms with Crippen molar-refractivity contribution in [2.75, 3.05) is 19.6 Å². The smallest absolute Gasteiger partial charge is 0.335 e. The van der Waals surface area contributed by atoms with E-state index in [1.54, 1.807) is 12.1 Å². The first-order chi connectivity index (χ1) is 9.15. The lowest BCUT2D eigenvalue weighted by Crippen LogP contribution is -2.37. The Bertz CT molecular complexity index is 411. The number of rotatable bonds is 6. The summed E-state index contributed by atoms with van der Waals surface area (Å²) in [6.07, 6.45) is 2.65. The summed E-state index contributed by atoms with van der Waals surface area (Å²) in [4.78, 5) is 13.2. The number of carboxylic acid groups (broad SMARTS) is 1. The second kappa shape index (κ2) is 6.68. The molecule has 2 N–H and O–H groups in total. The molecule has 1 saturated heterocycles. The molecule has 1 aliphatic heterocycles. The SMILES string of the molecule is CC(CN1CCCC1)NCc1ccc(C(=O)O)cc1. The normalized spacial score (nSPS) is 17.5. The molecule has 4 heteroatoms. The van der Waals surface area contributed by atoms with E-state index in [2.05, 4.69) is 17.1 Å². The van der Waals surface area contributed by atoms with Gasteiger partial charge in [-0.2, -0.15) is 0 Å². The summed E-state index contributed by atoms with van der Waals surface area (Å²) in [5, 5.41) is 12.3. The zero-order chi connectivity index (χ0) is 13.7. The number of hydrogen-bond acceptors (Lipinski definition) is 3. The molecule has 1 heterocycles. The average molecular weight is 262 g/mol. The third-order valence-electron chi connectivity index (χ3n) is 3.59. The Labute approximate surface area is 114 Å². The molecule has 1 atom stereocenters. The molecule has 1 unspecified atom stereocenters. The maximum absolute atomic E-state index is 10.8. The van der Waals surface area contributed by atoms with Crippen LogP contribution in [0.15, 0.2) is 24.3 Å². The van der Waals surface area contributed by atoms with E-state index in [9.17, 15) is 4.79 Å². The van der Waals surface area contributed by atoms with Crippen LogP contribution in [0.2, 0.25) is 0 Å². The van der Waals surface area contributed by atoms with Gasteiger partial charge in [0, 0.05) is 19.1 Å². The molecule has 2 rings (SSSR count). The zero-order valence-electron chi connectivity index (χ0n) is 11.4. The van der Waals surface area contributed by atoms with Crippen LogP contribution >= 0.6 is 0 Å². The topological polar surface area (TPSA) is 52.6 Å². The second-order valence-electron chi connectivity index (χ2n) is 5.29. The Kier molecular flexibility index (Phi) is 4.93. The van der Waals surface area contributed by atoms with Gasteiger partial charge in [-0.3, -0.25) is 0 Å². The fourth-order valence-electron chi connectivity index (χ4n) is 2.47. The van der Waals surface area contributed by atoms with Gasteiger partial charge in [0.2, 0.25) is 0 Å². The highest BCUT2D eigenvalue weighted by molar-refractivity contribution is 5.87. The Morgan fingerprint density at radius 1 is 1.32 bits per heavy atom. The molecule has 1 aromatic rings. The molecule has 0 radical (unpaired) electrons. The van der Waals surface area contributed by atoms with Crippen LogP contribution in [-0.4, -0.2) is 41.7 Å². The van der Waals surface area contributed by atoms with Crippen LogP contribution in [0.4, 0.5) is 0 Å². The van der Waals surface area contributed by atoms with Crippen LogP contribution in [0.25, 0.3) is 0 Å². The van der Waals surface area contributed by atoms with Crippen molar-refractivity contribution >= 4 is 5.97 Å². The van der Waals surface area contributed by atoms with Crippen molar-refractivity contribution in [2.45, 2.75) is 32.4 Å². The summed E-state index contributed by atoms with van der Waals surface area (Å²) < 4.78 is 0. The predicted molar refractivity (Wildman–Crippen MR) is 75.4 cm³/mol. The van der Waals surface area contributed by atoms with Crippen LogP contribution in [0, 0.1) is 0 Å². The fourth-order valence-corrected chi connectivity index (χ4v) is 2.47. The number of benzene rings is 1. The average Bonchev–Trinajstić information content (AvgIpc) is 2.89. The quantitative estimate of drug-likeness (QED) is 0.823. The summed E-state index contributed by atoms with van der Waals surface area (Å²) >= 11 is 0. The Hall–Kier alpha value is -1.39. The van der Waals surface area contributed by atoms with E-state index >= 15 is 0 Å². The van der Waals surface area contributed by atoms with Crippen molar-refractivity contribution in [3.8, 4) is 0 Å². The number of nitrogens with zero attached hydrogens (tertiary/aromatic N) is 1. The number of carboxylic acids is 1. The van der Waals surface area contributed by atoms with Gasteiger partial charge in [-0.1, -0.05) is 12.1 Å². The Morgan fingerprint density at radius 2 is 1.95 bits per heavy atom. The predicted octanol–water partition coefficient (Wildman–Crippen LogP) is 1.96. The standard InChI is InChI=1S/C15H22N2O2/c1-12(11-17-8-2-3-9-17)16-10-13-4-6-14(7-5-13)15(18)19/h4-7,12,16H,2-3,8-11H2,1H3,(H,18,19). The molecule has 0 aliphatic carbocycles. The highest BCUT2D eigenvalue weighted by Gasteiger charge is 2.14. The van der Waals surface area contributed by atoms with Gasteiger partial charge in [0.05, 0.1) is 5.56 Å². The van der Waals surface area contributed by atoms with Gasteiger partial charge in [0.15, 0.2) is 0 Å². The molecule has 0 saturated carbocycles. The first kappa shape index (κ1) is 14.0.